The number of carbonyl (C=O) groups excluding carboxylic acids is 1. The quantitative estimate of drug-likeness (QED) is 0.240. The number of hydrogen-bond acceptors (Lipinski definition) is 9. The molecule has 15 heteroatoms. The van der Waals surface area contributed by atoms with Gasteiger partial charge in [0, 0.05) is 41.9 Å². The maximum Gasteiger partial charge on any atom is 0.501 e. The summed E-state index contributed by atoms with van der Waals surface area (Å²) in [6.45, 7) is 2.00. The second-order valence-corrected chi connectivity index (χ2v) is 15.2. The molecule has 0 radical (unpaired) electrons. The van der Waals surface area contributed by atoms with Gasteiger partial charge in [0.2, 0.25) is 15.7 Å². The van der Waals surface area contributed by atoms with E-state index in [1.807, 2.05) is 30.3 Å². The molecule has 1 fully saturated rings. The number of likely N-dealkylation sites (tertiary alicyclic amines) is 1. The van der Waals surface area contributed by atoms with Gasteiger partial charge in [-0.05, 0) is 61.7 Å². The fourth-order valence-corrected chi connectivity index (χ4v) is 8.78. The van der Waals surface area contributed by atoms with E-state index in [-0.39, 0.29) is 23.4 Å². The van der Waals surface area contributed by atoms with Gasteiger partial charge < -0.3 is 21.1 Å². The third kappa shape index (κ3) is 7.93. The van der Waals surface area contributed by atoms with Crippen LogP contribution in [0.1, 0.15) is 29.6 Å². The first-order valence-electron chi connectivity index (χ1n) is 13.6. The van der Waals surface area contributed by atoms with Gasteiger partial charge in [-0.2, -0.15) is 13.2 Å². The number of hydrogen-bond donors (Lipinski definition) is 3. The number of primary amides is 1. The molecule has 1 unspecified atom stereocenters. The Morgan fingerprint density at radius 2 is 1.57 bits per heavy atom. The number of piperidine rings is 1. The van der Waals surface area contributed by atoms with Gasteiger partial charge in [-0.1, -0.05) is 30.3 Å². The van der Waals surface area contributed by atoms with E-state index in [1.165, 1.54) is 23.9 Å². The number of amides is 1. The van der Waals surface area contributed by atoms with E-state index in [4.69, 9.17) is 5.73 Å². The van der Waals surface area contributed by atoms with Crippen molar-refractivity contribution in [2.45, 2.75) is 56.5 Å². The van der Waals surface area contributed by atoms with Crippen molar-refractivity contribution in [2.75, 3.05) is 30.7 Å². The van der Waals surface area contributed by atoms with Crippen molar-refractivity contribution in [1.82, 2.24) is 4.90 Å². The number of nitrogens with zero attached hydrogens (tertiary/aromatic N) is 1. The van der Waals surface area contributed by atoms with Crippen molar-refractivity contribution in [1.29, 1.82) is 0 Å². The molecule has 3 aromatic rings. The summed E-state index contributed by atoms with van der Waals surface area (Å²) in [6.07, 6.45) is 1.45. The molecular weight excluding hydrogens is 640 g/mol. The molecule has 238 valence electrons. The monoisotopic (exact) mass is 671 g/mol. The van der Waals surface area contributed by atoms with Crippen LogP contribution in [0.15, 0.2) is 92.4 Å². The van der Waals surface area contributed by atoms with Crippen LogP contribution in [-0.2, 0) is 19.7 Å². The van der Waals surface area contributed by atoms with Crippen molar-refractivity contribution < 1.29 is 39.9 Å². The number of aliphatic hydroxyl groups excluding tert-OH is 1. The average Bonchev–Trinajstić information content (AvgIpc) is 2.99. The van der Waals surface area contributed by atoms with Crippen LogP contribution in [0.4, 0.5) is 18.9 Å². The highest BCUT2D eigenvalue weighted by Crippen LogP contribution is 2.38. The Labute approximate surface area is 258 Å². The molecule has 1 amide bonds. The molecule has 44 heavy (non-hydrogen) atoms. The fraction of sp³-hybridized carbons (Fsp3) is 0.345. The highest BCUT2D eigenvalue weighted by Gasteiger charge is 2.49. The van der Waals surface area contributed by atoms with E-state index >= 15 is 0 Å². The topological polar surface area (TPSA) is 147 Å². The standard InChI is InChI=1S/C29H32F3N3O6S3/c30-29(31,32)44(40,41)26-9-5-4-8-25(26)43(38,39)27-18-20(28(33)37)10-11-24(27)34-21(19-42-23-6-2-1-3-7-23)12-15-35-16-13-22(36)14-17-35/h1-11,18,21-22,34,36H,12-17,19H2,(H2,33,37). The lowest BCUT2D eigenvalue weighted by Gasteiger charge is -2.31. The highest BCUT2D eigenvalue weighted by atomic mass is 32.2. The molecule has 1 heterocycles. The van der Waals surface area contributed by atoms with Crippen LogP contribution in [0.5, 0.6) is 0 Å². The number of alkyl halides is 3. The van der Waals surface area contributed by atoms with Crippen LogP contribution in [-0.4, -0.2) is 75.8 Å². The molecule has 0 spiro atoms. The second-order valence-electron chi connectivity index (χ2n) is 10.3. The molecule has 9 nitrogen and oxygen atoms in total. The number of benzene rings is 3. The molecule has 0 aromatic heterocycles. The molecule has 1 saturated heterocycles. The van der Waals surface area contributed by atoms with E-state index in [9.17, 15) is 39.9 Å². The number of thioether (sulfide) groups is 1. The zero-order valence-electron chi connectivity index (χ0n) is 23.4. The second kappa shape index (κ2) is 13.9. The van der Waals surface area contributed by atoms with Gasteiger partial charge in [-0.15, -0.1) is 11.8 Å². The van der Waals surface area contributed by atoms with Gasteiger partial charge in [-0.25, -0.2) is 16.8 Å². The molecule has 4 N–H and O–H groups in total. The molecular formula is C29H32F3N3O6S3. The summed E-state index contributed by atoms with van der Waals surface area (Å²) in [5, 5.41) is 13.1. The molecule has 1 aliphatic rings. The number of halogens is 3. The first-order valence-corrected chi connectivity index (χ1v) is 17.6. The number of nitrogens with one attached hydrogen (secondary N) is 1. The molecule has 0 bridgehead atoms. The Balaban J connectivity index is 1.73. The minimum Gasteiger partial charge on any atom is -0.393 e. The number of sulfone groups is 2. The Kier molecular flexibility index (Phi) is 10.7. The Morgan fingerprint density at radius 1 is 0.955 bits per heavy atom. The SMILES string of the molecule is NC(=O)c1ccc(NC(CCN2CCC(O)CC2)CSc2ccccc2)c(S(=O)(=O)c2ccccc2S(=O)(=O)C(F)(F)F)c1. The van der Waals surface area contributed by atoms with Crippen molar-refractivity contribution in [2.24, 2.45) is 5.73 Å². The van der Waals surface area contributed by atoms with E-state index in [1.54, 1.807) is 0 Å². The summed E-state index contributed by atoms with van der Waals surface area (Å²) < 4.78 is 93.2. The van der Waals surface area contributed by atoms with Gasteiger partial charge >= 0.3 is 5.51 Å². The van der Waals surface area contributed by atoms with Gasteiger partial charge in [0.05, 0.1) is 26.5 Å². The van der Waals surface area contributed by atoms with Crippen LogP contribution in [0.25, 0.3) is 0 Å². The van der Waals surface area contributed by atoms with Crippen molar-refractivity contribution in [3.8, 4) is 0 Å². The van der Waals surface area contributed by atoms with Crippen LogP contribution in [0, 0.1) is 0 Å². The van der Waals surface area contributed by atoms with Crippen molar-refractivity contribution >= 4 is 43.0 Å². The third-order valence-corrected chi connectivity index (χ3v) is 11.9. The highest BCUT2D eigenvalue weighted by molar-refractivity contribution is 7.99. The first-order chi connectivity index (χ1) is 20.7. The fourth-order valence-electron chi connectivity index (χ4n) is 4.77. The summed E-state index contributed by atoms with van der Waals surface area (Å²) in [5.41, 5.74) is -0.607. The lowest BCUT2D eigenvalue weighted by atomic mass is 10.1. The summed E-state index contributed by atoms with van der Waals surface area (Å²) in [5.74, 6) is -0.510. The lowest BCUT2D eigenvalue weighted by molar-refractivity contribution is -0.0437. The summed E-state index contributed by atoms with van der Waals surface area (Å²) in [6, 6.07) is 16.1. The molecule has 3 aromatic carbocycles. The Bertz CT molecular complexity index is 1680. The summed E-state index contributed by atoms with van der Waals surface area (Å²) in [7, 11) is -11.0. The third-order valence-electron chi connectivity index (χ3n) is 7.19. The van der Waals surface area contributed by atoms with Gasteiger partial charge in [0.15, 0.2) is 0 Å². The van der Waals surface area contributed by atoms with Crippen LogP contribution >= 0.6 is 11.8 Å². The number of carbonyl (C=O) groups is 1. The Hall–Kier alpha value is -3.11. The normalized spacial score (nSPS) is 16.0. The van der Waals surface area contributed by atoms with Gasteiger partial charge in [0.25, 0.3) is 9.84 Å². The van der Waals surface area contributed by atoms with Crippen LogP contribution in [0.3, 0.4) is 0 Å². The largest absolute Gasteiger partial charge is 0.501 e. The minimum atomic E-state index is -6.04. The summed E-state index contributed by atoms with van der Waals surface area (Å²) >= 11 is 1.51. The Morgan fingerprint density at radius 3 is 2.18 bits per heavy atom. The molecule has 4 rings (SSSR count). The number of nitrogens with two attached hydrogens (primary N) is 1. The molecule has 0 saturated carbocycles. The van der Waals surface area contributed by atoms with Crippen LogP contribution in [0.2, 0.25) is 0 Å². The molecule has 1 aliphatic heterocycles. The van der Waals surface area contributed by atoms with Crippen molar-refractivity contribution in [3.05, 3.63) is 78.4 Å². The number of aliphatic hydroxyl groups is 1. The zero-order chi connectivity index (χ0) is 32.1. The number of rotatable bonds is 12. The van der Waals surface area contributed by atoms with Crippen molar-refractivity contribution in [3.63, 3.8) is 0 Å². The maximum absolute atomic E-state index is 14.0. The molecule has 1 atom stereocenters. The van der Waals surface area contributed by atoms with E-state index in [2.05, 4.69) is 10.2 Å². The maximum atomic E-state index is 14.0. The predicted molar refractivity (Wildman–Crippen MR) is 161 cm³/mol. The van der Waals surface area contributed by atoms with Crippen LogP contribution < -0.4 is 11.1 Å². The minimum absolute atomic E-state index is 0.0260. The van der Waals surface area contributed by atoms with Gasteiger partial charge in [0.1, 0.15) is 0 Å². The van der Waals surface area contributed by atoms with E-state index in [0.29, 0.717) is 50.7 Å². The lowest BCUT2D eigenvalue weighted by Crippen LogP contribution is -2.38. The predicted octanol–water partition coefficient (Wildman–Crippen LogP) is 4.33. The smallest absolute Gasteiger partial charge is 0.393 e. The zero-order valence-corrected chi connectivity index (χ0v) is 25.9. The average molecular weight is 672 g/mol. The van der Waals surface area contributed by atoms with E-state index in [0.717, 1.165) is 29.2 Å². The first kappa shape index (κ1) is 33.8. The number of anilines is 1. The molecule has 0 aliphatic carbocycles. The van der Waals surface area contributed by atoms with E-state index < -0.39 is 45.8 Å². The summed E-state index contributed by atoms with van der Waals surface area (Å²) in [4.78, 5) is 12.1. The van der Waals surface area contributed by atoms with Gasteiger partial charge in [-0.3, -0.25) is 4.79 Å².